The van der Waals surface area contributed by atoms with E-state index in [1.54, 1.807) is 38.5 Å². The van der Waals surface area contributed by atoms with Crippen molar-refractivity contribution in [1.29, 1.82) is 0 Å². The maximum atomic E-state index is 11.8. The van der Waals surface area contributed by atoms with E-state index in [-0.39, 0.29) is 5.75 Å². The van der Waals surface area contributed by atoms with Crippen molar-refractivity contribution < 1.29 is 32.1 Å². The monoisotopic (exact) mass is 533 g/mol. The summed E-state index contributed by atoms with van der Waals surface area (Å²) in [4.78, 5) is 0. The molecule has 1 unspecified atom stereocenters. The number of primary sulfonamides is 1. The normalized spacial score (nSPS) is 14.5. The Bertz CT molecular complexity index is 1330. The van der Waals surface area contributed by atoms with Crippen molar-refractivity contribution in [2.24, 2.45) is 5.14 Å². The molecule has 0 saturated carbocycles. The predicted molar refractivity (Wildman–Crippen MR) is 137 cm³/mol. The van der Waals surface area contributed by atoms with Crippen LogP contribution in [0.4, 0.5) is 0 Å². The SMILES string of the molecule is COCCOCCOc1ccc2c(c1OC)-c1ccc(CS(N)(=O)=O)cc1C(c1cccc(Cl)c1)O2. The Morgan fingerprint density at radius 3 is 2.53 bits per heavy atom. The van der Waals surface area contributed by atoms with Crippen LogP contribution in [-0.2, 0) is 25.2 Å². The molecule has 3 aromatic rings. The number of ether oxygens (including phenoxy) is 5. The molecule has 2 N–H and O–H groups in total. The van der Waals surface area contributed by atoms with Crippen molar-refractivity contribution in [1.82, 2.24) is 0 Å². The van der Waals surface area contributed by atoms with E-state index >= 15 is 0 Å². The molecule has 4 rings (SSSR count). The van der Waals surface area contributed by atoms with Gasteiger partial charge < -0.3 is 23.7 Å². The Balaban J connectivity index is 1.74. The summed E-state index contributed by atoms with van der Waals surface area (Å²) in [6.07, 6.45) is -0.516. The maximum absolute atomic E-state index is 11.8. The Morgan fingerprint density at radius 1 is 1.00 bits per heavy atom. The van der Waals surface area contributed by atoms with Crippen molar-refractivity contribution in [2.45, 2.75) is 11.9 Å². The summed E-state index contributed by atoms with van der Waals surface area (Å²) in [5.74, 6) is 1.36. The van der Waals surface area contributed by atoms with Crippen LogP contribution >= 0.6 is 11.6 Å². The van der Waals surface area contributed by atoms with Gasteiger partial charge in [-0.1, -0.05) is 41.9 Å². The van der Waals surface area contributed by atoms with E-state index in [4.69, 9.17) is 40.4 Å². The lowest BCUT2D eigenvalue weighted by molar-refractivity contribution is 0.0540. The highest BCUT2D eigenvalue weighted by Crippen LogP contribution is 2.52. The third kappa shape index (κ3) is 6.11. The highest BCUT2D eigenvalue weighted by atomic mass is 35.5. The van der Waals surface area contributed by atoms with Gasteiger partial charge in [0.25, 0.3) is 0 Å². The molecule has 36 heavy (non-hydrogen) atoms. The van der Waals surface area contributed by atoms with Gasteiger partial charge in [0.1, 0.15) is 18.5 Å². The molecule has 8 nitrogen and oxygen atoms in total. The highest BCUT2D eigenvalue weighted by Gasteiger charge is 2.32. The van der Waals surface area contributed by atoms with E-state index in [9.17, 15) is 8.42 Å². The van der Waals surface area contributed by atoms with Gasteiger partial charge in [0.05, 0.1) is 38.2 Å². The lowest BCUT2D eigenvalue weighted by atomic mass is 9.88. The number of rotatable bonds is 11. The fraction of sp³-hybridized carbons (Fsp3) is 0.308. The van der Waals surface area contributed by atoms with Crippen molar-refractivity contribution >= 4 is 21.6 Å². The minimum Gasteiger partial charge on any atom is -0.492 e. The molecule has 0 spiro atoms. The first-order valence-electron chi connectivity index (χ1n) is 11.3. The smallest absolute Gasteiger partial charge is 0.213 e. The van der Waals surface area contributed by atoms with E-state index < -0.39 is 16.1 Å². The minimum atomic E-state index is -3.72. The van der Waals surface area contributed by atoms with Crippen LogP contribution in [0.1, 0.15) is 22.8 Å². The van der Waals surface area contributed by atoms with Gasteiger partial charge in [0.2, 0.25) is 10.0 Å². The van der Waals surface area contributed by atoms with Gasteiger partial charge in [-0.05, 0) is 41.0 Å². The largest absolute Gasteiger partial charge is 0.492 e. The average Bonchev–Trinajstić information content (AvgIpc) is 2.84. The first kappa shape index (κ1) is 26.2. The van der Waals surface area contributed by atoms with Gasteiger partial charge in [-0.25, -0.2) is 13.6 Å². The number of hydrogen-bond donors (Lipinski definition) is 1. The van der Waals surface area contributed by atoms with E-state index in [0.29, 0.717) is 59.8 Å². The lowest BCUT2D eigenvalue weighted by Gasteiger charge is -2.31. The first-order chi connectivity index (χ1) is 17.3. The van der Waals surface area contributed by atoms with E-state index in [1.165, 1.54) is 0 Å². The molecule has 1 aliphatic rings. The third-order valence-corrected chi connectivity index (χ3v) is 6.61. The molecule has 0 amide bonds. The molecule has 1 aliphatic heterocycles. The van der Waals surface area contributed by atoms with Crippen LogP contribution in [0, 0.1) is 0 Å². The number of sulfonamides is 1. The number of benzene rings is 3. The Morgan fingerprint density at radius 2 is 1.81 bits per heavy atom. The molecular formula is C26H28ClNO7S. The van der Waals surface area contributed by atoms with Crippen molar-refractivity contribution in [2.75, 3.05) is 40.6 Å². The number of hydrogen-bond acceptors (Lipinski definition) is 7. The Kier molecular flexibility index (Phi) is 8.38. The number of nitrogens with two attached hydrogens (primary N) is 1. The number of halogens is 1. The van der Waals surface area contributed by atoms with Crippen molar-refractivity contribution in [3.05, 3.63) is 76.3 Å². The molecular weight excluding hydrogens is 506 g/mol. The summed E-state index contributed by atoms with van der Waals surface area (Å²) in [5, 5.41) is 5.87. The van der Waals surface area contributed by atoms with Crippen LogP contribution in [-0.4, -0.2) is 49.1 Å². The average molecular weight is 534 g/mol. The summed E-state index contributed by atoms with van der Waals surface area (Å²) in [6.45, 7) is 1.71. The summed E-state index contributed by atoms with van der Waals surface area (Å²) >= 11 is 6.26. The number of methoxy groups -OCH3 is 2. The molecule has 0 bridgehead atoms. The summed E-state index contributed by atoms with van der Waals surface area (Å²) in [5.41, 5.74) is 3.69. The van der Waals surface area contributed by atoms with Gasteiger partial charge in [0.15, 0.2) is 11.5 Å². The van der Waals surface area contributed by atoms with Crippen LogP contribution < -0.4 is 19.3 Å². The summed E-state index contributed by atoms with van der Waals surface area (Å²) in [6, 6.07) is 16.4. The molecule has 192 valence electrons. The molecule has 0 fully saturated rings. The van der Waals surface area contributed by atoms with Gasteiger partial charge in [0, 0.05) is 17.7 Å². The van der Waals surface area contributed by atoms with Crippen molar-refractivity contribution in [3.8, 4) is 28.4 Å². The van der Waals surface area contributed by atoms with Gasteiger partial charge in [-0.2, -0.15) is 0 Å². The topological polar surface area (TPSA) is 106 Å². The summed E-state index contributed by atoms with van der Waals surface area (Å²) < 4.78 is 52.1. The van der Waals surface area contributed by atoms with E-state index in [1.807, 2.05) is 30.3 Å². The second-order valence-corrected chi connectivity index (χ2v) is 10.3. The van der Waals surface area contributed by atoms with Crippen LogP contribution in [0.25, 0.3) is 11.1 Å². The van der Waals surface area contributed by atoms with E-state index in [0.717, 1.165) is 16.7 Å². The highest BCUT2D eigenvalue weighted by molar-refractivity contribution is 7.88. The second-order valence-electron chi connectivity index (χ2n) is 8.21. The Hall–Kier alpha value is -2.82. The number of fused-ring (bicyclic) bond motifs is 3. The zero-order valence-electron chi connectivity index (χ0n) is 20.0. The summed E-state index contributed by atoms with van der Waals surface area (Å²) in [7, 11) is -0.535. The van der Waals surface area contributed by atoms with Gasteiger partial charge >= 0.3 is 0 Å². The third-order valence-electron chi connectivity index (χ3n) is 5.64. The molecule has 1 heterocycles. The van der Waals surface area contributed by atoms with Gasteiger partial charge in [-0.15, -0.1) is 0 Å². The quantitative estimate of drug-likeness (QED) is 0.366. The second kappa shape index (κ2) is 11.5. The maximum Gasteiger partial charge on any atom is 0.213 e. The van der Waals surface area contributed by atoms with Crippen LogP contribution in [0.15, 0.2) is 54.6 Å². The molecule has 0 aliphatic carbocycles. The van der Waals surface area contributed by atoms with E-state index in [2.05, 4.69) is 0 Å². The standard InChI is InChI=1S/C26H28ClNO7S/c1-31-10-11-33-12-13-34-23-9-8-22-24(26(23)32-2)20-7-6-17(16-36(28,29)30)14-21(20)25(35-22)18-4-3-5-19(27)15-18/h3-9,14-15,25H,10-13,16H2,1-2H3,(H2,28,29,30). The lowest BCUT2D eigenvalue weighted by Crippen LogP contribution is -2.18. The van der Waals surface area contributed by atoms with Gasteiger partial charge in [-0.3, -0.25) is 0 Å². The fourth-order valence-electron chi connectivity index (χ4n) is 4.16. The first-order valence-corrected chi connectivity index (χ1v) is 13.4. The Labute approximate surface area is 215 Å². The molecule has 3 aromatic carbocycles. The molecule has 10 heteroatoms. The molecule has 1 atom stereocenters. The predicted octanol–water partition coefficient (Wildman–Crippen LogP) is 4.33. The zero-order valence-corrected chi connectivity index (χ0v) is 21.6. The molecule has 0 radical (unpaired) electrons. The zero-order chi connectivity index (χ0) is 25.7. The van der Waals surface area contributed by atoms with Crippen molar-refractivity contribution in [3.63, 3.8) is 0 Å². The van der Waals surface area contributed by atoms with Crippen LogP contribution in [0.3, 0.4) is 0 Å². The molecule has 0 aromatic heterocycles. The molecule has 0 saturated heterocycles. The van der Waals surface area contributed by atoms with Crippen LogP contribution in [0.5, 0.6) is 17.2 Å². The fourth-order valence-corrected chi connectivity index (χ4v) is 5.00. The van der Waals surface area contributed by atoms with Crippen LogP contribution in [0.2, 0.25) is 5.02 Å². The minimum absolute atomic E-state index is 0.293.